The zero-order valence-electron chi connectivity index (χ0n) is 46.3. The van der Waals surface area contributed by atoms with Gasteiger partial charge in [0.15, 0.2) is 0 Å². The Morgan fingerprint density at radius 2 is 0.739 bits per heavy atom. The molecule has 3 N–H and O–H groups in total. The van der Waals surface area contributed by atoms with Crippen LogP contribution >= 0.6 is 0 Å². The normalized spacial score (nSPS) is 12.8. The van der Waals surface area contributed by atoms with Crippen molar-refractivity contribution >= 4 is 11.9 Å². The van der Waals surface area contributed by atoms with Crippen molar-refractivity contribution in [1.82, 2.24) is 5.32 Å². The van der Waals surface area contributed by atoms with Gasteiger partial charge in [-0.2, -0.15) is 0 Å². The topological polar surface area (TPSA) is 95.9 Å². The zero-order valence-corrected chi connectivity index (χ0v) is 46.3. The van der Waals surface area contributed by atoms with Gasteiger partial charge in [0, 0.05) is 12.8 Å². The molecule has 0 bridgehead atoms. The van der Waals surface area contributed by atoms with E-state index in [1.807, 2.05) is 6.08 Å². The number of nitrogens with one attached hydrogen (secondary N) is 1. The van der Waals surface area contributed by atoms with Crippen molar-refractivity contribution < 1.29 is 24.5 Å². The molecule has 0 radical (unpaired) electrons. The van der Waals surface area contributed by atoms with Crippen LogP contribution in [0.15, 0.2) is 36.5 Å². The summed E-state index contributed by atoms with van der Waals surface area (Å²) in [6.45, 7) is 4.90. The highest BCUT2D eigenvalue weighted by atomic mass is 16.5. The second kappa shape index (κ2) is 58.6. The van der Waals surface area contributed by atoms with Gasteiger partial charge in [0.25, 0.3) is 0 Å². The third kappa shape index (κ3) is 55.2. The molecule has 6 nitrogen and oxygen atoms in total. The average Bonchev–Trinajstić information content (AvgIpc) is 3.35. The summed E-state index contributed by atoms with van der Waals surface area (Å²) in [5, 5.41) is 23.3. The first-order chi connectivity index (χ1) is 34.0. The van der Waals surface area contributed by atoms with Crippen molar-refractivity contribution in [2.45, 2.75) is 341 Å². The van der Waals surface area contributed by atoms with E-state index < -0.39 is 12.1 Å². The molecule has 406 valence electrons. The van der Waals surface area contributed by atoms with Gasteiger partial charge in [-0.1, -0.05) is 281 Å². The van der Waals surface area contributed by atoms with Crippen molar-refractivity contribution in [2.75, 3.05) is 13.2 Å². The molecule has 0 saturated heterocycles. The van der Waals surface area contributed by atoms with Gasteiger partial charge in [-0.05, 0) is 70.6 Å². The molecule has 0 aliphatic rings. The van der Waals surface area contributed by atoms with Gasteiger partial charge < -0.3 is 20.3 Å². The largest absolute Gasteiger partial charge is 0.466 e. The van der Waals surface area contributed by atoms with Gasteiger partial charge in [-0.3, -0.25) is 9.59 Å². The Labute approximate surface area is 430 Å². The van der Waals surface area contributed by atoms with Crippen LogP contribution in [0.4, 0.5) is 0 Å². The number of amides is 1. The lowest BCUT2D eigenvalue weighted by molar-refractivity contribution is -0.143. The van der Waals surface area contributed by atoms with E-state index in [0.717, 1.165) is 51.4 Å². The quantitative estimate of drug-likeness (QED) is 0.0321. The SMILES string of the molecule is CCCCCCCCC/C=C\CCCCCCCC(=O)OCCCCCCCC/C=C\C/C=C\CCC(=O)NC(CO)C(O)CCCCCCCCCCCCCCCCCCCCCCCCC. The fourth-order valence-electron chi connectivity index (χ4n) is 9.45. The van der Waals surface area contributed by atoms with Crippen LogP contribution in [0.25, 0.3) is 0 Å². The van der Waals surface area contributed by atoms with Crippen LogP contribution in [-0.2, 0) is 14.3 Å². The van der Waals surface area contributed by atoms with Crippen molar-refractivity contribution in [3.8, 4) is 0 Å². The summed E-state index contributed by atoms with van der Waals surface area (Å²) in [6.07, 6.45) is 73.0. The highest BCUT2D eigenvalue weighted by Crippen LogP contribution is 2.17. The Morgan fingerprint density at radius 3 is 1.14 bits per heavy atom. The number of aliphatic hydroxyl groups is 2. The van der Waals surface area contributed by atoms with Gasteiger partial charge >= 0.3 is 5.97 Å². The monoisotopic (exact) mass is 970 g/mol. The number of unbranched alkanes of at least 4 members (excludes halogenated alkanes) is 40. The summed E-state index contributed by atoms with van der Waals surface area (Å²) in [4.78, 5) is 24.5. The van der Waals surface area contributed by atoms with Crippen LogP contribution in [0.1, 0.15) is 328 Å². The van der Waals surface area contributed by atoms with Crippen LogP contribution < -0.4 is 5.32 Å². The van der Waals surface area contributed by atoms with Crippen molar-refractivity contribution in [3.63, 3.8) is 0 Å². The van der Waals surface area contributed by atoms with E-state index in [1.165, 1.54) is 238 Å². The number of aliphatic hydroxyl groups excluding tert-OH is 2. The van der Waals surface area contributed by atoms with E-state index >= 15 is 0 Å². The molecule has 0 aliphatic carbocycles. The molecule has 6 heteroatoms. The molecule has 0 fully saturated rings. The van der Waals surface area contributed by atoms with Crippen LogP contribution in [0.5, 0.6) is 0 Å². The Morgan fingerprint density at radius 1 is 0.406 bits per heavy atom. The van der Waals surface area contributed by atoms with E-state index in [9.17, 15) is 19.8 Å². The fourth-order valence-corrected chi connectivity index (χ4v) is 9.45. The molecule has 0 aliphatic heterocycles. The molecule has 0 aromatic rings. The first-order valence-corrected chi connectivity index (χ1v) is 30.7. The van der Waals surface area contributed by atoms with E-state index in [1.54, 1.807) is 0 Å². The Kier molecular flexibility index (Phi) is 57.0. The minimum Gasteiger partial charge on any atom is -0.466 e. The lowest BCUT2D eigenvalue weighted by Crippen LogP contribution is -2.45. The maximum absolute atomic E-state index is 12.5. The van der Waals surface area contributed by atoms with Gasteiger partial charge in [0.1, 0.15) is 0 Å². The number of rotatable bonds is 57. The average molecular weight is 971 g/mol. The van der Waals surface area contributed by atoms with Gasteiger partial charge in [-0.15, -0.1) is 0 Å². The van der Waals surface area contributed by atoms with E-state index in [4.69, 9.17) is 4.74 Å². The molecule has 69 heavy (non-hydrogen) atoms. The molecule has 2 unspecified atom stereocenters. The van der Waals surface area contributed by atoms with Crippen molar-refractivity contribution in [1.29, 1.82) is 0 Å². The smallest absolute Gasteiger partial charge is 0.305 e. The van der Waals surface area contributed by atoms with E-state index in [2.05, 4.69) is 49.5 Å². The number of allylic oxidation sites excluding steroid dienone is 6. The zero-order chi connectivity index (χ0) is 50.0. The van der Waals surface area contributed by atoms with Crippen molar-refractivity contribution in [2.24, 2.45) is 0 Å². The highest BCUT2D eigenvalue weighted by Gasteiger charge is 2.20. The predicted molar refractivity (Wildman–Crippen MR) is 301 cm³/mol. The van der Waals surface area contributed by atoms with Crippen LogP contribution in [0, 0.1) is 0 Å². The number of esters is 1. The molecular weight excluding hydrogens is 851 g/mol. The first-order valence-electron chi connectivity index (χ1n) is 30.7. The summed E-state index contributed by atoms with van der Waals surface area (Å²) in [6, 6.07) is -0.587. The molecule has 0 saturated carbocycles. The number of ether oxygens (including phenoxy) is 1. The third-order valence-electron chi connectivity index (χ3n) is 14.2. The van der Waals surface area contributed by atoms with Crippen LogP contribution in [-0.4, -0.2) is 47.4 Å². The number of carbonyl (C=O) groups is 2. The lowest BCUT2D eigenvalue weighted by atomic mass is 10.0. The number of hydrogen-bond donors (Lipinski definition) is 3. The molecule has 0 rings (SSSR count). The summed E-state index contributed by atoms with van der Waals surface area (Å²) >= 11 is 0. The molecule has 0 spiro atoms. The molecule has 2 atom stereocenters. The van der Waals surface area contributed by atoms with Crippen LogP contribution in [0.2, 0.25) is 0 Å². The summed E-state index contributed by atoms with van der Waals surface area (Å²) in [5.41, 5.74) is 0. The van der Waals surface area contributed by atoms with Gasteiger partial charge in [0.05, 0.1) is 25.4 Å². The summed E-state index contributed by atoms with van der Waals surface area (Å²) in [5.74, 6) is -0.137. The number of carbonyl (C=O) groups excluding carboxylic acids is 2. The second-order valence-corrected chi connectivity index (χ2v) is 21.0. The maximum Gasteiger partial charge on any atom is 0.305 e. The van der Waals surface area contributed by atoms with Gasteiger partial charge in [-0.25, -0.2) is 0 Å². The van der Waals surface area contributed by atoms with Crippen LogP contribution in [0.3, 0.4) is 0 Å². The summed E-state index contributed by atoms with van der Waals surface area (Å²) in [7, 11) is 0. The predicted octanol–water partition coefficient (Wildman–Crippen LogP) is 19.2. The minimum atomic E-state index is -0.701. The molecule has 0 heterocycles. The first kappa shape index (κ1) is 67.1. The second-order valence-electron chi connectivity index (χ2n) is 21.0. The van der Waals surface area contributed by atoms with E-state index in [-0.39, 0.29) is 18.5 Å². The lowest BCUT2D eigenvalue weighted by Gasteiger charge is -2.22. The van der Waals surface area contributed by atoms with Gasteiger partial charge in [0.2, 0.25) is 5.91 Å². The van der Waals surface area contributed by atoms with E-state index in [0.29, 0.717) is 32.3 Å². The summed E-state index contributed by atoms with van der Waals surface area (Å²) < 4.78 is 5.46. The molecular formula is C63H119NO5. The Hall–Kier alpha value is -1.92. The fraction of sp³-hybridized carbons (Fsp3) is 0.873. The number of hydrogen-bond acceptors (Lipinski definition) is 5. The van der Waals surface area contributed by atoms with Crippen molar-refractivity contribution in [3.05, 3.63) is 36.5 Å². The molecule has 0 aromatic carbocycles. The minimum absolute atomic E-state index is 0.0238. The Balaban J connectivity index is 3.53. The Bertz CT molecular complexity index is 1120. The maximum atomic E-state index is 12.5. The molecule has 0 aromatic heterocycles. The molecule has 1 amide bonds. The highest BCUT2D eigenvalue weighted by molar-refractivity contribution is 5.76. The third-order valence-corrected chi connectivity index (χ3v) is 14.2. The standard InChI is InChI=1S/C63H119NO5/c1-3-5-7-9-11-13-15-17-19-21-22-23-24-25-26-27-28-31-35-39-43-47-51-55-61(66)60(59-65)64-62(67)56-52-48-44-40-36-32-30-34-38-42-46-50-54-58-69-63(68)57-53-49-45-41-37-33-29-20-18-16-14-12-10-8-6-4-2/h20,29,32,36,44,48,60-61,65-66H,3-19,21-28,30-31,33-35,37-43,45-47,49-59H2,1-2H3,(H,64,67)/b29-20-,36-32-,48-44-.